The van der Waals surface area contributed by atoms with Crippen LogP contribution in [0, 0.1) is 6.92 Å². The maximum absolute atomic E-state index is 5.85. The topological polar surface area (TPSA) is 61.0 Å². The Bertz CT molecular complexity index is 552. The molecule has 0 aliphatic rings. The summed E-state index contributed by atoms with van der Waals surface area (Å²) in [4.78, 5) is 8.87. The van der Waals surface area contributed by atoms with Crippen LogP contribution < -0.4 is 10.5 Å². The van der Waals surface area contributed by atoms with Crippen molar-refractivity contribution in [3.8, 4) is 17.1 Å². The van der Waals surface area contributed by atoms with Gasteiger partial charge in [-0.2, -0.15) is 0 Å². The molecular formula is C14H17N3O. The van der Waals surface area contributed by atoms with Gasteiger partial charge in [0.05, 0.1) is 12.7 Å². The highest BCUT2D eigenvalue weighted by Crippen LogP contribution is 2.27. The SMILES string of the molecule is COc1ccccc1-c1ncc(C(C)N)c(C)n1. The van der Waals surface area contributed by atoms with E-state index in [-0.39, 0.29) is 6.04 Å². The van der Waals surface area contributed by atoms with Gasteiger partial charge in [-0.3, -0.25) is 0 Å². The summed E-state index contributed by atoms with van der Waals surface area (Å²) in [5, 5.41) is 0. The van der Waals surface area contributed by atoms with Gasteiger partial charge in [-0.1, -0.05) is 12.1 Å². The third-order valence-electron chi connectivity index (χ3n) is 2.86. The van der Waals surface area contributed by atoms with Crippen molar-refractivity contribution in [3.05, 3.63) is 41.7 Å². The van der Waals surface area contributed by atoms with E-state index in [0.29, 0.717) is 5.82 Å². The van der Waals surface area contributed by atoms with Gasteiger partial charge in [0.25, 0.3) is 0 Å². The maximum atomic E-state index is 5.85. The number of para-hydroxylation sites is 1. The number of rotatable bonds is 3. The molecule has 0 saturated heterocycles. The number of benzene rings is 1. The maximum Gasteiger partial charge on any atom is 0.163 e. The fraction of sp³-hybridized carbons (Fsp3) is 0.286. The van der Waals surface area contributed by atoms with Gasteiger partial charge in [0.1, 0.15) is 5.75 Å². The molecule has 0 aliphatic carbocycles. The van der Waals surface area contributed by atoms with Gasteiger partial charge < -0.3 is 10.5 Å². The average Bonchev–Trinajstić information content (AvgIpc) is 2.38. The van der Waals surface area contributed by atoms with Crippen LogP contribution in [-0.2, 0) is 0 Å². The van der Waals surface area contributed by atoms with Crippen molar-refractivity contribution < 1.29 is 4.74 Å². The first-order chi connectivity index (χ1) is 8.63. The molecule has 2 aromatic rings. The van der Waals surface area contributed by atoms with E-state index >= 15 is 0 Å². The van der Waals surface area contributed by atoms with E-state index < -0.39 is 0 Å². The quantitative estimate of drug-likeness (QED) is 0.899. The molecule has 1 unspecified atom stereocenters. The van der Waals surface area contributed by atoms with Gasteiger partial charge in [0.2, 0.25) is 0 Å². The highest BCUT2D eigenvalue weighted by atomic mass is 16.5. The molecule has 0 radical (unpaired) electrons. The summed E-state index contributed by atoms with van der Waals surface area (Å²) in [6.07, 6.45) is 1.79. The molecule has 1 heterocycles. The summed E-state index contributed by atoms with van der Waals surface area (Å²) < 4.78 is 5.31. The molecule has 1 atom stereocenters. The minimum absolute atomic E-state index is 0.0586. The molecule has 2 rings (SSSR count). The number of hydrogen-bond acceptors (Lipinski definition) is 4. The molecule has 4 heteroatoms. The van der Waals surface area contributed by atoms with E-state index in [4.69, 9.17) is 10.5 Å². The molecule has 0 amide bonds. The summed E-state index contributed by atoms with van der Waals surface area (Å²) in [6.45, 7) is 3.87. The number of methoxy groups -OCH3 is 1. The lowest BCUT2D eigenvalue weighted by Crippen LogP contribution is -2.09. The van der Waals surface area contributed by atoms with E-state index in [1.807, 2.05) is 38.1 Å². The van der Waals surface area contributed by atoms with E-state index in [0.717, 1.165) is 22.6 Å². The number of ether oxygens (including phenoxy) is 1. The monoisotopic (exact) mass is 243 g/mol. The summed E-state index contributed by atoms with van der Waals surface area (Å²) in [5.41, 5.74) is 8.61. The van der Waals surface area contributed by atoms with Crippen LogP contribution in [0.25, 0.3) is 11.4 Å². The van der Waals surface area contributed by atoms with Crippen LogP contribution in [0.2, 0.25) is 0 Å². The Morgan fingerprint density at radius 3 is 2.61 bits per heavy atom. The molecule has 0 bridgehead atoms. The molecule has 1 aromatic heterocycles. The van der Waals surface area contributed by atoms with Crippen LogP contribution in [0.5, 0.6) is 5.75 Å². The molecule has 0 spiro atoms. The van der Waals surface area contributed by atoms with Gasteiger partial charge in [-0.25, -0.2) is 9.97 Å². The number of aromatic nitrogens is 2. The Hall–Kier alpha value is -1.94. The van der Waals surface area contributed by atoms with Crippen LogP contribution in [0.1, 0.15) is 24.2 Å². The average molecular weight is 243 g/mol. The van der Waals surface area contributed by atoms with Crippen molar-refractivity contribution in [1.29, 1.82) is 0 Å². The van der Waals surface area contributed by atoms with Crippen LogP contribution in [-0.4, -0.2) is 17.1 Å². The number of nitrogens with zero attached hydrogens (tertiary/aromatic N) is 2. The number of hydrogen-bond donors (Lipinski definition) is 1. The zero-order valence-corrected chi connectivity index (χ0v) is 10.8. The van der Waals surface area contributed by atoms with E-state index in [1.54, 1.807) is 13.3 Å². The van der Waals surface area contributed by atoms with Crippen LogP contribution >= 0.6 is 0 Å². The Morgan fingerprint density at radius 1 is 1.28 bits per heavy atom. The van der Waals surface area contributed by atoms with Gasteiger partial charge in [0, 0.05) is 23.5 Å². The highest BCUT2D eigenvalue weighted by Gasteiger charge is 2.11. The Balaban J connectivity index is 2.49. The predicted octanol–water partition coefficient (Wildman–Crippen LogP) is 2.48. The lowest BCUT2D eigenvalue weighted by Gasteiger charge is -2.11. The lowest BCUT2D eigenvalue weighted by molar-refractivity contribution is 0.416. The fourth-order valence-corrected chi connectivity index (χ4v) is 1.88. The minimum Gasteiger partial charge on any atom is -0.496 e. The van der Waals surface area contributed by atoms with Crippen molar-refractivity contribution >= 4 is 0 Å². The Labute approximate surface area is 107 Å². The van der Waals surface area contributed by atoms with E-state index in [2.05, 4.69) is 9.97 Å². The molecule has 94 valence electrons. The smallest absolute Gasteiger partial charge is 0.163 e. The molecule has 2 N–H and O–H groups in total. The van der Waals surface area contributed by atoms with Gasteiger partial charge in [0.15, 0.2) is 5.82 Å². The van der Waals surface area contributed by atoms with E-state index in [1.165, 1.54) is 0 Å². The zero-order chi connectivity index (χ0) is 13.1. The normalized spacial score (nSPS) is 12.2. The molecular weight excluding hydrogens is 226 g/mol. The minimum atomic E-state index is -0.0586. The zero-order valence-electron chi connectivity index (χ0n) is 10.8. The van der Waals surface area contributed by atoms with Crippen LogP contribution in [0.4, 0.5) is 0 Å². The first kappa shape index (κ1) is 12.5. The third-order valence-corrected chi connectivity index (χ3v) is 2.86. The second kappa shape index (κ2) is 5.14. The molecule has 0 aliphatic heterocycles. The fourth-order valence-electron chi connectivity index (χ4n) is 1.88. The summed E-state index contributed by atoms with van der Waals surface area (Å²) in [7, 11) is 1.64. The Morgan fingerprint density at radius 2 is 2.00 bits per heavy atom. The molecule has 0 saturated carbocycles. The van der Waals surface area contributed by atoms with Gasteiger partial charge in [-0.05, 0) is 26.0 Å². The first-order valence-electron chi connectivity index (χ1n) is 5.86. The van der Waals surface area contributed by atoms with Crippen molar-refractivity contribution in [3.63, 3.8) is 0 Å². The molecule has 1 aromatic carbocycles. The second-order valence-electron chi connectivity index (χ2n) is 4.22. The predicted molar refractivity (Wildman–Crippen MR) is 71.4 cm³/mol. The summed E-state index contributed by atoms with van der Waals surface area (Å²) >= 11 is 0. The first-order valence-corrected chi connectivity index (χ1v) is 5.86. The Kier molecular flexibility index (Phi) is 3.58. The number of aryl methyl sites for hydroxylation is 1. The van der Waals surface area contributed by atoms with Crippen molar-refractivity contribution in [2.24, 2.45) is 5.73 Å². The van der Waals surface area contributed by atoms with E-state index in [9.17, 15) is 0 Å². The second-order valence-corrected chi connectivity index (χ2v) is 4.22. The molecule has 4 nitrogen and oxygen atoms in total. The van der Waals surface area contributed by atoms with Gasteiger partial charge >= 0.3 is 0 Å². The van der Waals surface area contributed by atoms with Crippen molar-refractivity contribution in [1.82, 2.24) is 9.97 Å². The standard InChI is InChI=1S/C14H17N3O/c1-9(15)12-8-16-14(17-10(12)2)11-6-4-5-7-13(11)18-3/h4-9H,15H2,1-3H3. The summed E-state index contributed by atoms with van der Waals surface area (Å²) in [6, 6.07) is 7.64. The molecule has 18 heavy (non-hydrogen) atoms. The van der Waals surface area contributed by atoms with Gasteiger partial charge in [-0.15, -0.1) is 0 Å². The largest absolute Gasteiger partial charge is 0.496 e. The summed E-state index contributed by atoms with van der Waals surface area (Å²) in [5.74, 6) is 1.43. The lowest BCUT2D eigenvalue weighted by atomic mass is 10.1. The van der Waals surface area contributed by atoms with Crippen LogP contribution in [0.3, 0.4) is 0 Å². The third kappa shape index (κ3) is 2.33. The highest BCUT2D eigenvalue weighted by molar-refractivity contribution is 5.64. The van der Waals surface area contributed by atoms with Crippen molar-refractivity contribution in [2.75, 3.05) is 7.11 Å². The number of nitrogens with two attached hydrogens (primary N) is 1. The molecule has 0 fully saturated rings. The van der Waals surface area contributed by atoms with Crippen LogP contribution in [0.15, 0.2) is 30.5 Å². The van der Waals surface area contributed by atoms with Crippen molar-refractivity contribution in [2.45, 2.75) is 19.9 Å².